The molecule has 0 unspecified atom stereocenters. The lowest BCUT2D eigenvalue weighted by atomic mass is 9.74. The number of benzene rings is 1. The molecule has 4 rings (SSSR count). The Morgan fingerprint density at radius 1 is 1.14 bits per heavy atom. The average molecular weight is 542 g/mol. The van der Waals surface area contributed by atoms with Crippen molar-refractivity contribution >= 4 is 40.7 Å². The number of ether oxygens (including phenoxy) is 1. The van der Waals surface area contributed by atoms with Crippen LogP contribution in [0.1, 0.15) is 44.4 Å². The standard InChI is InChI=1S/C25H31ClF3N5OS/c1-16-11-17(2)14-34(13-16)21-12-20(25(27,28)29)31-22(32-21)33-23(36)30-15-24(7-9-35-10-8-24)18-3-5-19(26)6-4-18/h3-6,12,16-17H,7-11,13-15H2,1-2H3,(H2,30,31,32,33,36)/t16-,17-/m1/s1. The number of piperidine rings is 1. The van der Waals surface area contributed by atoms with Crippen molar-refractivity contribution in [3.05, 3.63) is 46.6 Å². The molecule has 2 saturated heterocycles. The minimum absolute atomic E-state index is 0.167. The van der Waals surface area contributed by atoms with Gasteiger partial charge in [-0.25, -0.2) is 4.98 Å². The molecule has 0 spiro atoms. The van der Waals surface area contributed by atoms with Crippen LogP contribution in [0.15, 0.2) is 30.3 Å². The fourth-order valence-electron chi connectivity index (χ4n) is 5.18. The molecule has 6 nitrogen and oxygen atoms in total. The zero-order chi connectivity index (χ0) is 25.9. The minimum atomic E-state index is -4.60. The lowest BCUT2D eigenvalue weighted by Gasteiger charge is -2.38. The predicted molar refractivity (Wildman–Crippen MR) is 140 cm³/mol. The summed E-state index contributed by atoms with van der Waals surface area (Å²) in [4.78, 5) is 10.0. The van der Waals surface area contributed by atoms with Gasteiger partial charge in [0.2, 0.25) is 5.95 Å². The topological polar surface area (TPSA) is 62.3 Å². The SMILES string of the molecule is C[C@@H]1C[C@@H](C)CN(c2cc(C(F)(F)F)nc(NC(=S)NCC3(c4ccc(Cl)cc4)CCOCC3)n2)C1. The number of anilines is 2. The molecular weight excluding hydrogens is 511 g/mol. The van der Waals surface area contributed by atoms with Gasteiger partial charge in [0.05, 0.1) is 0 Å². The maximum atomic E-state index is 13.7. The van der Waals surface area contributed by atoms with Crippen molar-refractivity contribution in [2.75, 3.05) is 43.1 Å². The van der Waals surface area contributed by atoms with Crippen molar-refractivity contribution in [3.8, 4) is 0 Å². The number of nitrogens with one attached hydrogen (secondary N) is 2. The highest BCUT2D eigenvalue weighted by Gasteiger charge is 2.36. The van der Waals surface area contributed by atoms with E-state index in [-0.39, 0.29) is 22.3 Å². The van der Waals surface area contributed by atoms with Crippen molar-refractivity contribution in [2.24, 2.45) is 11.8 Å². The van der Waals surface area contributed by atoms with Crippen molar-refractivity contribution in [1.82, 2.24) is 15.3 Å². The molecule has 2 aromatic rings. The monoisotopic (exact) mass is 541 g/mol. The van der Waals surface area contributed by atoms with Crippen LogP contribution in [0.25, 0.3) is 0 Å². The Kier molecular flexibility index (Phi) is 8.26. The van der Waals surface area contributed by atoms with Crippen LogP contribution in [0.5, 0.6) is 0 Å². The molecule has 196 valence electrons. The summed E-state index contributed by atoms with van der Waals surface area (Å²) in [6.07, 6.45) is -2.01. The first-order chi connectivity index (χ1) is 17.0. The molecule has 2 atom stereocenters. The lowest BCUT2D eigenvalue weighted by molar-refractivity contribution is -0.141. The number of aromatic nitrogens is 2. The van der Waals surface area contributed by atoms with E-state index >= 15 is 0 Å². The van der Waals surface area contributed by atoms with E-state index in [0.29, 0.717) is 49.7 Å². The van der Waals surface area contributed by atoms with Crippen LogP contribution in [0, 0.1) is 11.8 Å². The second kappa shape index (κ2) is 11.1. The molecule has 2 aliphatic rings. The first-order valence-corrected chi connectivity index (χ1v) is 12.9. The van der Waals surface area contributed by atoms with Gasteiger partial charge in [0.25, 0.3) is 0 Å². The third kappa shape index (κ3) is 6.58. The molecule has 11 heteroatoms. The van der Waals surface area contributed by atoms with E-state index in [2.05, 4.69) is 34.4 Å². The van der Waals surface area contributed by atoms with E-state index in [0.717, 1.165) is 30.9 Å². The van der Waals surface area contributed by atoms with Crippen LogP contribution >= 0.6 is 23.8 Å². The van der Waals surface area contributed by atoms with Crippen molar-refractivity contribution in [2.45, 2.75) is 44.7 Å². The molecule has 36 heavy (non-hydrogen) atoms. The highest BCUT2D eigenvalue weighted by molar-refractivity contribution is 7.80. The molecular formula is C25H31ClF3N5OS. The quantitative estimate of drug-likeness (QED) is 0.473. The molecule has 3 heterocycles. The maximum absolute atomic E-state index is 13.7. The number of alkyl halides is 3. The summed E-state index contributed by atoms with van der Waals surface area (Å²) in [5.41, 5.74) is -0.128. The average Bonchev–Trinajstić information content (AvgIpc) is 2.82. The Morgan fingerprint density at radius 3 is 2.39 bits per heavy atom. The molecule has 1 aromatic heterocycles. The number of nitrogens with zero attached hydrogens (tertiary/aromatic N) is 3. The summed E-state index contributed by atoms with van der Waals surface area (Å²) in [6.45, 7) is 7.18. The van der Waals surface area contributed by atoms with Gasteiger partial charge in [-0.15, -0.1) is 0 Å². The van der Waals surface area contributed by atoms with E-state index < -0.39 is 11.9 Å². The maximum Gasteiger partial charge on any atom is 0.433 e. The van der Waals surface area contributed by atoms with Gasteiger partial charge in [-0.1, -0.05) is 37.6 Å². The smallest absolute Gasteiger partial charge is 0.381 e. The molecule has 2 aliphatic heterocycles. The summed E-state index contributed by atoms with van der Waals surface area (Å²) < 4.78 is 46.5. The number of hydrogen-bond donors (Lipinski definition) is 2. The summed E-state index contributed by atoms with van der Waals surface area (Å²) >= 11 is 11.5. The summed E-state index contributed by atoms with van der Waals surface area (Å²) in [5, 5.41) is 6.80. The first kappa shape index (κ1) is 26.9. The van der Waals surface area contributed by atoms with Gasteiger partial charge in [-0.05, 0) is 61.0 Å². The Morgan fingerprint density at radius 2 is 1.78 bits per heavy atom. The van der Waals surface area contributed by atoms with Crippen molar-refractivity contribution in [3.63, 3.8) is 0 Å². The summed E-state index contributed by atoms with van der Waals surface area (Å²) in [6, 6.07) is 8.71. The van der Waals surface area contributed by atoms with E-state index in [1.807, 2.05) is 29.2 Å². The molecule has 1 aromatic carbocycles. The molecule has 0 radical (unpaired) electrons. The Bertz CT molecular complexity index is 1050. The summed E-state index contributed by atoms with van der Waals surface area (Å²) in [5.74, 6) is 0.806. The normalized spacial score (nSPS) is 22.2. The largest absolute Gasteiger partial charge is 0.433 e. The van der Waals surface area contributed by atoms with Gasteiger partial charge in [-0.3, -0.25) is 0 Å². The van der Waals surface area contributed by atoms with Crippen LogP contribution in [0.2, 0.25) is 5.02 Å². The van der Waals surface area contributed by atoms with Crippen molar-refractivity contribution < 1.29 is 17.9 Å². The lowest BCUT2D eigenvalue weighted by Crippen LogP contribution is -2.45. The summed E-state index contributed by atoms with van der Waals surface area (Å²) in [7, 11) is 0. The van der Waals surface area contributed by atoms with Gasteiger partial charge in [0, 0.05) is 49.4 Å². The van der Waals surface area contributed by atoms with Gasteiger partial charge in [-0.2, -0.15) is 18.2 Å². The van der Waals surface area contributed by atoms with Crippen molar-refractivity contribution in [1.29, 1.82) is 0 Å². The Hall–Kier alpha value is -2.17. The van der Waals surface area contributed by atoms with Crippen LogP contribution in [-0.4, -0.2) is 47.9 Å². The number of halogens is 4. The zero-order valence-corrected chi connectivity index (χ0v) is 21.9. The first-order valence-electron chi connectivity index (χ1n) is 12.1. The van der Waals surface area contributed by atoms with Crippen LogP contribution in [0.3, 0.4) is 0 Å². The van der Waals surface area contributed by atoms with Gasteiger partial charge < -0.3 is 20.3 Å². The molecule has 2 N–H and O–H groups in total. The van der Waals surface area contributed by atoms with Crippen LogP contribution < -0.4 is 15.5 Å². The minimum Gasteiger partial charge on any atom is -0.381 e. The number of thiocarbonyl (C=S) groups is 1. The third-order valence-electron chi connectivity index (χ3n) is 6.92. The third-order valence-corrected chi connectivity index (χ3v) is 7.41. The number of rotatable bonds is 5. The number of hydrogen-bond acceptors (Lipinski definition) is 5. The Balaban J connectivity index is 1.51. The Labute approximate surface area is 220 Å². The van der Waals surface area contributed by atoms with Gasteiger partial charge >= 0.3 is 6.18 Å². The molecule has 2 fully saturated rings. The van der Waals surface area contributed by atoms with E-state index in [4.69, 9.17) is 28.6 Å². The van der Waals surface area contributed by atoms with Gasteiger partial charge in [0.15, 0.2) is 10.8 Å². The highest BCUT2D eigenvalue weighted by atomic mass is 35.5. The molecule has 0 amide bonds. The van der Waals surface area contributed by atoms with Crippen LogP contribution in [0.4, 0.5) is 24.9 Å². The van der Waals surface area contributed by atoms with Gasteiger partial charge in [0.1, 0.15) is 5.82 Å². The molecule has 0 aliphatic carbocycles. The fraction of sp³-hybridized carbons (Fsp3) is 0.560. The molecule has 0 bridgehead atoms. The van der Waals surface area contributed by atoms with E-state index in [1.165, 1.54) is 0 Å². The zero-order valence-electron chi connectivity index (χ0n) is 20.4. The van der Waals surface area contributed by atoms with E-state index in [1.54, 1.807) is 0 Å². The van der Waals surface area contributed by atoms with E-state index in [9.17, 15) is 13.2 Å². The second-order valence-electron chi connectivity index (χ2n) is 9.99. The molecule has 0 saturated carbocycles. The second-order valence-corrected chi connectivity index (χ2v) is 10.8. The highest BCUT2D eigenvalue weighted by Crippen LogP contribution is 2.35. The van der Waals surface area contributed by atoms with Crippen LogP contribution in [-0.2, 0) is 16.3 Å². The fourth-order valence-corrected chi connectivity index (χ4v) is 5.47. The predicted octanol–water partition coefficient (Wildman–Crippen LogP) is 5.67.